The van der Waals surface area contributed by atoms with Gasteiger partial charge in [0.2, 0.25) is 0 Å². The van der Waals surface area contributed by atoms with Gasteiger partial charge in [-0.05, 0) is 12.3 Å². The molecule has 0 saturated heterocycles. The Kier molecular flexibility index (Phi) is 3.64. The lowest BCUT2D eigenvalue weighted by Crippen LogP contribution is -2.07. The zero-order chi connectivity index (χ0) is 11.5. The van der Waals surface area contributed by atoms with Crippen molar-refractivity contribution >= 4 is 17.4 Å². The first-order valence-corrected chi connectivity index (χ1v) is 6.31. The normalized spacial score (nSPS) is 15.5. The summed E-state index contributed by atoms with van der Waals surface area (Å²) in [7, 11) is 0. The molecule has 0 unspecified atom stereocenters. The van der Waals surface area contributed by atoms with Crippen molar-refractivity contribution < 1.29 is 0 Å². The number of nitrogens with one attached hydrogen (secondary N) is 1. The molecule has 16 heavy (non-hydrogen) atoms. The van der Waals surface area contributed by atoms with Gasteiger partial charge >= 0.3 is 0 Å². The van der Waals surface area contributed by atoms with E-state index >= 15 is 0 Å². The Morgan fingerprint density at radius 2 is 2.19 bits per heavy atom. The van der Waals surface area contributed by atoms with E-state index < -0.39 is 0 Å². The van der Waals surface area contributed by atoms with Gasteiger partial charge in [0.05, 0.1) is 0 Å². The van der Waals surface area contributed by atoms with Crippen molar-refractivity contribution in [2.45, 2.75) is 39.0 Å². The van der Waals surface area contributed by atoms with Gasteiger partial charge in [-0.15, -0.1) is 0 Å². The smallest absolute Gasteiger partial charge is 0.135 e. The Hall–Kier alpha value is -0.830. The molecule has 1 N–H and O–H groups in total. The summed E-state index contributed by atoms with van der Waals surface area (Å²) in [5.41, 5.74) is 0. The Morgan fingerprint density at radius 3 is 2.81 bits per heavy atom. The van der Waals surface area contributed by atoms with Crippen LogP contribution in [0.3, 0.4) is 0 Å². The van der Waals surface area contributed by atoms with E-state index in [1.165, 1.54) is 19.3 Å². The second kappa shape index (κ2) is 5.00. The van der Waals surface area contributed by atoms with E-state index in [0.29, 0.717) is 11.1 Å². The van der Waals surface area contributed by atoms with Crippen LogP contribution in [0, 0.1) is 5.92 Å². The van der Waals surface area contributed by atoms with Crippen LogP contribution in [-0.2, 0) is 0 Å². The lowest BCUT2D eigenvalue weighted by atomic mass is 10.2. The van der Waals surface area contributed by atoms with Crippen LogP contribution >= 0.6 is 11.6 Å². The molecule has 1 aromatic rings. The van der Waals surface area contributed by atoms with Crippen molar-refractivity contribution in [1.82, 2.24) is 9.97 Å². The summed E-state index contributed by atoms with van der Waals surface area (Å²) >= 11 is 5.96. The number of halogens is 1. The van der Waals surface area contributed by atoms with Gasteiger partial charge in [0, 0.05) is 18.5 Å². The number of rotatable bonds is 5. The zero-order valence-electron chi connectivity index (χ0n) is 9.83. The van der Waals surface area contributed by atoms with E-state index in [9.17, 15) is 0 Å². The van der Waals surface area contributed by atoms with Gasteiger partial charge in [0.1, 0.15) is 16.8 Å². The minimum Gasteiger partial charge on any atom is -0.370 e. The van der Waals surface area contributed by atoms with Gasteiger partial charge in [-0.1, -0.05) is 38.3 Å². The third-order valence-electron chi connectivity index (χ3n) is 2.78. The first kappa shape index (κ1) is 11.6. The van der Waals surface area contributed by atoms with Gasteiger partial charge in [-0.25, -0.2) is 9.97 Å². The zero-order valence-corrected chi connectivity index (χ0v) is 10.6. The first-order chi connectivity index (χ1) is 7.65. The van der Waals surface area contributed by atoms with Crippen LogP contribution in [0.4, 0.5) is 5.82 Å². The summed E-state index contributed by atoms with van der Waals surface area (Å²) in [6.07, 6.45) is 4.02. The Morgan fingerprint density at radius 1 is 1.44 bits per heavy atom. The molecule has 1 aliphatic carbocycles. The molecule has 0 atom stereocenters. The number of aromatic nitrogens is 2. The fraction of sp³-hybridized carbons (Fsp3) is 0.667. The van der Waals surface area contributed by atoms with E-state index in [-0.39, 0.29) is 0 Å². The molecule has 0 aromatic carbocycles. The molecule has 1 fully saturated rings. The number of nitrogens with zero attached hydrogens (tertiary/aromatic N) is 2. The maximum Gasteiger partial charge on any atom is 0.135 e. The average Bonchev–Trinajstić information content (AvgIpc) is 3.01. The molecule has 4 heteroatoms. The fourth-order valence-electron chi connectivity index (χ4n) is 1.59. The summed E-state index contributed by atoms with van der Waals surface area (Å²) in [5, 5.41) is 3.84. The van der Waals surface area contributed by atoms with Crippen LogP contribution in [0.5, 0.6) is 0 Å². The lowest BCUT2D eigenvalue weighted by molar-refractivity contribution is 0.748. The quantitative estimate of drug-likeness (QED) is 0.800. The van der Waals surface area contributed by atoms with Crippen LogP contribution < -0.4 is 5.32 Å². The van der Waals surface area contributed by atoms with Crippen molar-refractivity contribution in [2.75, 3.05) is 11.9 Å². The summed E-state index contributed by atoms with van der Waals surface area (Å²) < 4.78 is 0. The molecule has 88 valence electrons. The molecule has 1 heterocycles. The summed E-state index contributed by atoms with van der Waals surface area (Å²) in [5.74, 6) is 2.91. The maximum atomic E-state index is 5.96. The van der Waals surface area contributed by atoms with Crippen molar-refractivity contribution in [3.8, 4) is 0 Å². The SMILES string of the molecule is CC(C)c1nc(Cl)cc(NCCC2CC2)n1. The fourth-order valence-corrected chi connectivity index (χ4v) is 1.78. The standard InChI is InChI=1S/C12H18ClN3/c1-8(2)12-15-10(13)7-11(16-12)14-6-5-9-3-4-9/h7-9H,3-6H2,1-2H3,(H,14,15,16). The molecule has 0 radical (unpaired) electrons. The van der Waals surface area contributed by atoms with E-state index in [2.05, 4.69) is 29.1 Å². The molecule has 0 aliphatic heterocycles. The van der Waals surface area contributed by atoms with Crippen molar-refractivity contribution in [2.24, 2.45) is 5.92 Å². The Balaban J connectivity index is 1.95. The van der Waals surface area contributed by atoms with Crippen molar-refractivity contribution in [1.29, 1.82) is 0 Å². The third-order valence-corrected chi connectivity index (χ3v) is 2.98. The second-order valence-electron chi connectivity index (χ2n) is 4.75. The molecule has 0 spiro atoms. The number of anilines is 1. The molecular weight excluding hydrogens is 222 g/mol. The van der Waals surface area contributed by atoms with Crippen molar-refractivity contribution in [3.05, 3.63) is 17.0 Å². The van der Waals surface area contributed by atoms with Gasteiger partial charge in [-0.2, -0.15) is 0 Å². The molecular formula is C12H18ClN3. The van der Waals surface area contributed by atoms with E-state index in [1.54, 1.807) is 6.07 Å². The van der Waals surface area contributed by atoms with Crippen molar-refractivity contribution in [3.63, 3.8) is 0 Å². The Bertz CT molecular complexity index is 361. The average molecular weight is 240 g/mol. The summed E-state index contributed by atoms with van der Waals surface area (Å²) in [6, 6.07) is 1.79. The Labute approximate surface area is 102 Å². The minimum absolute atomic E-state index is 0.308. The van der Waals surface area contributed by atoms with Crippen LogP contribution in [0.15, 0.2) is 6.07 Å². The summed E-state index contributed by atoms with van der Waals surface area (Å²) in [4.78, 5) is 8.65. The predicted molar refractivity (Wildman–Crippen MR) is 67.0 cm³/mol. The van der Waals surface area contributed by atoms with Gasteiger partial charge in [0.15, 0.2) is 0 Å². The van der Waals surface area contributed by atoms with Gasteiger partial charge in [-0.3, -0.25) is 0 Å². The highest BCUT2D eigenvalue weighted by Crippen LogP contribution is 2.32. The molecule has 0 bridgehead atoms. The minimum atomic E-state index is 0.308. The molecule has 1 saturated carbocycles. The molecule has 3 nitrogen and oxygen atoms in total. The lowest BCUT2D eigenvalue weighted by Gasteiger charge is -2.09. The van der Waals surface area contributed by atoms with Crippen LogP contribution in [-0.4, -0.2) is 16.5 Å². The highest BCUT2D eigenvalue weighted by molar-refractivity contribution is 6.29. The summed E-state index contributed by atoms with van der Waals surface area (Å²) in [6.45, 7) is 5.12. The van der Waals surface area contributed by atoms with Crippen LogP contribution in [0.25, 0.3) is 0 Å². The second-order valence-corrected chi connectivity index (χ2v) is 5.13. The monoisotopic (exact) mass is 239 g/mol. The van der Waals surface area contributed by atoms with E-state index in [1.807, 2.05) is 0 Å². The van der Waals surface area contributed by atoms with Crippen LogP contribution in [0.1, 0.15) is 44.9 Å². The molecule has 0 amide bonds. The third kappa shape index (κ3) is 3.34. The number of hydrogen-bond donors (Lipinski definition) is 1. The largest absolute Gasteiger partial charge is 0.370 e. The molecule has 1 aliphatic rings. The van der Waals surface area contributed by atoms with E-state index in [4.69, 9.17) is 11.6 Å². The predicted octanol–water partition coefficient (Wildman–Crippen LogP) is 3.47. The first-order valence-electron chi connectivity index (χ1n) is 5.93. The topological polar surface area (TPSA) is 37.8 Å². The maximum absolute atomic E-state index is 5.96. The molecule has 1 aromatic heterocycles. The van der Waals surface area contributed by atoms with Gasteiger partial charge in [0.25, 0.3) is 0 Å². The highest BCUT2D eigenvalue weighted by Gasteiger charge is 2.20. The molecule has 2 rings (SSSR count). The number of hydrogen-bond acceptors (Lipinski definition) is 3. The highest BCUT2D eigenvalue weighted by atomic mass is 35.5. The van der Waals surface area contributed by atoms with Crippen LogP contribution in [0.2, 0.25) is 5.15 Å². The van der Waals surface area contributed by atoms with E-state index in [0.717, 1.165) is 24.1 Å². The van der Waals surface area contributed by atoms with Gasteiger partial charge < -0.3 is 5.32 Å².